The molecule has 1 fully saturated rings. The fraction of sp³-hybridized carbons (Fsp3) is 0.444. The quantitative estimate of drug-likeness (QED) is 0.509. The van der Waals surface area contributed by atoms with E-state index in [2.05, 4.69) is 17.4 Å². The van der Waals surface area contributed by atoms with Gasteiger partial charge in [0.2, 0.25) is 5.91 Å². The second kappa shape index (κ2) is 10.9. The van der Waals surface area contributed by atoms with E-state index in [4.69, 9.17) is 14.6 Å². The highest BCUT2D eigenvalue weighted by Crippen LogP contribution is 2.44. The number of carbonyl (C=O) groups is 3. The van der Waals surface area contributed by atoms with E-state index >= 15 is 0 Å². The smallest absolute Gasteiger partial charge is 0.407 e. The lowest BCUT2D eigenvalue weighted by molar-refractivity contribution is -0.140. The van der Waals surface area contributed by atoms with Crippen LogP contribution in [0.25, 0.3) is 11.1 Å². The zero-order valence-electron chi connectivity index (χ0n) is 20.1. The Kier molecular flexibility index (Phi) is 7.70. The lowest BCUT2D eigenvalue weighted by Crippen LogP contribution is -2.55. The van der Waals surface area contributed by atoms with Crippen molar-refractivity contribution in [2.45, 2.75) is 44.2 Å². The Morgan fingerprint density at radius 1 is 1.06 bits per heavy atom. The van der Waals surface area contributed by atoms with E-state index in [0.717, 1.165) is 35.1 Å². The van der Waals surface area contributed by atoms with E-state index in [1.165, 1.54) is 12.0 Å². The van der Waals surface area contributed by atoms with Crippen molar-refractivity contribution >= 4 is 18.0 Å². The number of nitrogens with one attached hydrogen (secondary N) is 1. The molecule has 0 aliphatic heterocycles. The van der Waals surface area contributed by atoms with E-state index in [-0.39, 0.29) is 31.4 Å². The summed E-state index contributed by atoms with van der Waals surface area (Å²) in [6, 6.07) is 15.2. The zero-order chi connectivity index (χ0) is 24.9. The first-order chi connectivity index (χ1) is 16.9. The number of carboxylic acids is 1. The molecule has 2 aromatic rings. The molecule has 0 bridgehead atoms. The number of hydrogen-bond acceptors (Lipinski definition) is 5. The molecule has 2 aromatic carbocycles. The summed E-state index contributed by atoms with van der Waals surface area (Å²) in [7, 11) is 1.47. The number of benzene rings is 2. The van der Waals surface area contributed by atoms with Crippen LogP contribution in [-0.2, 0) is 19.1 Å². The van der Waals surface area contributed by atoms with Gasteiger partial charge in [-0.1, -0.05) is 48.5 Å². The van der Waals surface area contributed by atoms with Crippen LogP contribution in [-0.4, -0.2) is 66.9 Å². The van der Waals surface area contributed by atoms with Gasteiger partial charge >= 0.3 is 12.1 Å². The van der Waals surface area contributed by atoms with Gasteiger partial charge in [0, 0.05) is 26.1 Å². The van der Waals surface area contributed by atoms with Crippen molar-refractivity contribution in [1.82, 2.24) is 10.2 Å². The molecular weight excluding hydrogens is 448 g/mol. The van der Waals surface area contributed by atoms with Crippen LogP contribution in [0, 0.1) is 5.92 Å². The molecule has 0 spiro atoms. The summed E-state index contributed by atoms with van der Waals surface area (Å²) in [5, 5.41) is 11.8. The van der Waals surface area contributed by atoms with Crippen LogP contribution in [0.15, 0.2) is 48.5 Å². The van der Waals surface area contributed by atoms with Crippen LogP contribution in [0.4, 0.5) is 4.79 Å². The number of nitrogens with zero attached hydrogens (tertiary/aromatic N) is 1. The lowest BCUT2D eigenvalue weighted by Gasteiger charge is -2.30. The molecule has 0 aromatic heterocycles. The maximum Gasteiger partial charge on any atom is 0.407 e. The van der Waals surface area contributed by atoms with Gasteiger partial charge in [0.05, 0.1) is 12.5 Å². The molecule has 2 aliphatic rings. The van der Waals surface area contributed by atoms with E-state index in [0.29, 0.717) is 12.5 Å². The van der Waals surface area contributed by atoms with E-state index in [1.807, 2.05) is 36.4 Å². The predicted octanol–water partition coefficient (Wildman–Crippen LogP) is 3.64. The molecule has 2 N–H and O–H groups in total. The number of amides is 2. The summed E-state index contributed by atoms with van der Waals surface area (Å²) in [6.07, 6.45) is 0.549. The SMILES string of the molecule is COC(C)C(NC(=O)OCC1c2ccccc2-c2ccccc21)C(=O)N(CCC(=O)O)CC1CC1. The first kappa shape index (κ1) is 24.7. The second-order valence-corrected chi connectivity index (χ2v) is 9.26. The molecule has 8 nitrogen and oxygen atoms in total. The number of aliphatic carboxylic acids is 1. The minimum absolute atomic E-state index is 0.0873. The molecule has 0 heterocycles. The van der Waals surface area contributed by atoms with E-state index in [1.54, 1.807) is 6.92 Å². The van der Waals surface area contributed by atoms with Gasteiger partial charge in [-0.25, -0.2) is 4.79 Å². The van der Waals surface area contributed by atoms with Crippen molar-refractivity contribution in [3.05, 3.63) is 59.7 Å². The monoisotopic (exact) mass is 480 g/mol. The summed E-state index contributed by atoms with van der Waals surface area (Å²) in [5.74, 6) is -1.05. The summed E-state index contributed by atoms with van der Waals surface area (Å²) < 4.78 is 11.0. The van der Waals surface area contributed by atoms with Crippen LogP contribution in [0.5, 0.6) is 0 Å². The number of rotatable bonds is 11. The van der Waals surface area contributed by atoms with Gasteiger partial charge in [0.1, 0.15) is 12.6 Å². The van der Waals surface area contributed by atoms with E-state index < -0.39 is 24.2 Å². The maximum atomic E-state index is 13.3. The first-order valence-corrected chi connectivity index (χ1v) is 12.0. The van der Waals surface area contributed by atoms with Gasteiger partial charge in [0.15, 0.2) is 0 Å². The minimum atomic E-state index is -0.983. The molecular formula is C27H32N2O6. The van der Waals surface area contributed by atoms with Crippen molar-refractivity contribution in [2.75, 3.05) is 26.8 Å². The van der Waals surface area contributed by atoms with Crippen LogP contribution >= 0.6 is 0 Å². The van der Waals surface area contributed by atoms with Crippen LogP contribution in [0.3, 0.4) is 0 Å². The number of hydrogen-bond donors (Lipinski definition) is 2. The molecule has 2 atom stereocenters. The van der Waals surface area contributed by atoms with Gasteiger partial charge in [-0.05, 0) is 47.9 Å². The van der Waals surface area contributed by atoms with Crippen molar-refractivity contribution in [1.29, 1.82) is 0 Å². The average Bonchev–Trinajstić information content (AvgIpc) is 3.63. The standard InChI is InChI=1S/C27H32N2O6/c1-17(34-2)25(26(32)29(14-13-24(30)31)15-18-11-12-18)28-27(33)35-16-23-21-9-5-3-7-19(21)20-8-4-6-10-22(20)23/h3-10,17-18,23,25H,11-16H2,1-2H3,(H,28,33)(H,30,31). The van der Waals surface area contributed by atoms with Crippen molar-refractivity contribution in [2.24, 2.45) is 5.92 Å². The number of ether oxygens (including phenoxy) is 2. The highest BCUT2D eigenvalue weighted by atomic mass is 16.5. The van der Waals surface area contributed by atoms with Crippen molar-refractivity contribution < 1.29 is 29.0 Å². The van der Waals surface area contributed by atoms with Gasteiger partial charge < -0.3 is 24.8 Å². The van der Waals surface area contributed by atoms with Gasteiger partial charge in [-0.2, -0.15) is 0 Å². The summed E-state index contributed by atoms with van der Waals surface area (Å²) in [6.45, 7) is 2.39. The fourth-order valence-corrected chi connectivity index (χ4v) is 4.61. The number of fused-ring (bicyclic) bond motifs is 3. The first-order valence-electron chi connectivity index (χ1n) is 12.0. The van der Waals surface area contributed by atoms with Gasteiger partial charge in [0.25, 0.3) is 0 Å². The van der Waals surface area contributed by atoms with Crippen molar-refractivity contribution in [3.63, 3.8) is 0 Å². The Balaban J connectivity index is 1.43. The summed E-state index contributed by atoms with van der Waals surface area (Å²) in [4.78, 5) is 38.8. The summed E-state index contributed by atoms with van der Waals surface area (Å²) >= 11 is 0. The van der Waals surface area contributed by atoms with Gasteiger partial charge in [-0.15, -0.1) is 0 Å². The molecule has 4 rings (SSSR count). The average molecular weight is 481 g/mol. The molecule has 8 heteroatoms. The van der Waals surface area contributed by atoms with Crippen LogP contribution < -0.4 is 5.32 Å². The maximum absolute atomic E-state index is 13.3. The highest BCUT2D eigenvalue weighted by Gasteiger charge is 2.35. The molecule has 0 radical (unpaired) electrons. The Labute approximate surface area is 205 Å². The van der Waals surface area contributed by atoms with Crippen molar-refractivity contribution in [3.8, 4) is 11.1 Å². The second-order valence-electron chi connectivity index (χ2n) is 9.26. The number of carbonyl (C=O) groups excluding carboxylic acids is 2. The molecule has 35 heavy (non-hydrogen) atoms. The largest absolute Gasteiger partial charge is 0.481 e. The Hall–Kier alpha value is -3.39. The predicted molar refractivity (Wildman–Crippen MR) is 130 cm³/mol. The molecule has 1 saturated carbocycles. The van der Waals surface area contributed by atoms with E-state index in [9.17, 15) is 14.4 Å². The Morgan fingerprint density at radius 3 is 2.20 bits per heavy atom. The number of carboxylic acid groups (broad SMARTS) is 1. The number of alkyl carbamates (subject to hydrolysis) is 1. The van der Waals surface area contributed by atoms with Gasteiger partial charge in [-0.3, -0.25) is 9.59 Å². The van der Waals surface area contributed by atoms with Crippen LogP contribution in [0.2, 0.25) is 0 Å². The third-order valence-electron chi connectivity index (χ3n) is 6.81. The molecule has 0 saturated heterocycles. The third-order valence-corrected chi connectivity index (χ3v) is 6.81. The topological polar surface area (TPSA) is 105 Å². The zero-order valence-corrected chi connectivity index (χ0v) is 20.1. The molecule has 2 unspecified atom stereocenters. The fourth-order valence-electron chi connectivity index (χ4n) is 4.61. The third kappa shape index (κ3) is 5.82. The molecule has 186 valence electrons. The summed E-state index contributed by atoms with van der Waals surface area (Å²) in [5.41, 5.74) is 4.46. The number of methoxy groups -OCH3 is 1. The Bertz CT molecular complexity index is 1040. The lowest BCUT2D eigenvalue weighted by atomic mass is 9.98. The highest BCUT2D eigenvalue weighted by molar-refractivity contribution is 5.87. The molecule has 2 amide bonds. The normalized spacial score (nSPS) is 16.1. The van der Waals surface area contributed by atoms with Crippen LogP contribution in [0.1, 0.15) is 43.2 Å². The minimum Gasteiger partial charge on any atom is -0.481 e. The Morgan fingerprint density at radius 2 is 1.66 bits per heavy atom. The molecule has 2 aliphatic carbocycles.